The Morgan fingerprint density at radius 2 is 2.12 bits per heavy atom. The minimum atomic E-state index is -0.261. The molecule has 128 valence electrons. The molecule has 1 aromatic carbocycles. The van der Waals surface area contributed by atoms with Gasteiger partial charge in [0.05, 0.1) is 12.4 Å². The predicted octanol–water partition coefficient (Wildman–Crippen LogP) is 2.76. The Labute approximate surface area is 146 Å². The maximum atomic E-state index is 12.0. The van der Waals surface area contributed by atoms with Crippen molar-refractivity contribution in [1.29, 1.82) is 0 Å². The van der Waals surface area contributed by atoms with Crippen molar-refractivity contribution >= 4 is 17.7 Å². The number of carbonyl (C=O) groups excluding carboxylic acids is 1. The molecule has 0 aliphatic rings. The van der Waals surface area contributed by atoms with Crippen molar-refractivity contribution in [2.75, 3.05) is 13.7 Å². The van der Waals surface area contributed by atoms with Crippen LogP contribution in [-0.2, 0) is 11.3 Å². The number of ether oxygens (including phenoxy) is 1. The van der Waals surface area contributed by atoms with E-state index in [-0.39, 0.29) is 11.2 Å². The lowest BCUT2D eigenvalue weighted by molar-refractivity contribution is -0.120. The topological polar surface area (TPSA) is 69.0 Å². The van der Waals surface area contributed by atoms with E-state index in [1.807, 2.05) is 42.7 Å². The monoisotopic (exact) mass is 346 g/mol. The molecule has 1 N–H and O–H groups in total. The molecule has 0 spiro atoms. The number of hydrogen-bond donors (Lipinski definition) is 1. The lowest BCUT2D eigenvalue weighted by Crippen LogP contribution is -2.31. The van der Waals surface area contributed by atoms with Crippen LogP contribution in [-0.4, -0.2) is 39.6 Å². The van der Waals surface area contributed by atoms with Gasteiger partial charge in [0, 0.05) is 18.7 Å². The first-order valence-electron chi connectivity index (χ1n) is 7.73. The van der Waals surface area contributed by atoms with Crippen molar-refractivity contribution in [3.05, 3.63) is 36.9 Å². The largest absolute Gasteiger partial charge is 0.497 e. The van der Waals surface area contributed by atoms with E-state index in [1.54, 1.807) is 13.2 Å². The highest BCUT2D eigenvalue weighted by molar-refractivity contribution is 8.00. The zero-order chi connectivity index (χ0) is 17.5. The van der Waals surface area contributed by atoms with E-state index in [4.69, 9.17) is 4.74 Å². The number of amides is 1. The van der Waals surface area contributed by atoms with Gasteiger partial charge >= 0.3 is 0 Å². The number of thioether (sulfide) groups is 1. The molecular formula is C17H22N4O2S. The Morgan fingerprint density at radius 1 is 1.42 bits per heavy atom. The molecule has 0 aliphatic heterocycles. The number of aromatic nitrogens is 3. The molecule has 1 amide bonds. The zero-order valence-electron chi connectivity index (χ0n) is 14.2. The van der Waals surface area contributed by atoms with Gasteiger partial charge in [-0.15, -0.1) is 16.8 Å². The lowest BCUT2D eigenvalue weighted by atomic mass is 10.2. The molecule has 0 radical (unpaired) electrons. The summed E-state index contributed by atoms with van der Waals surface area (Å²) in [5.41, 5.74) is 0.959. The average molecular weight is 346 g/mol. The summed E-state index contributed by atoms with van der Waals surface area (Å²) in [6.07, 6.45) is 1.66. The van der Waals surface area contributed by atoms with Gasteiger partial charge in [-0.3, -0.25) is 4.79 Å². The molecule has 24 heavy (non-hydrogen) atoms. The van der Waals surface area contributed by atoms with E-state index in [2.05, 4.69) is 22.1 Å². The summed E-state index contributed by atoms with van der Waals surface area (Å²) >= 11 is 1.39. The van der Waals surface area contributed by atoms with Gasteiger partial charge in [0.25, 0.3) is 0 Å². The first-order chi connectivity index (χ1) is 11.6. The summed E-state index contributed by atoms with van der Waals surface area (Å²) in [5, 5.41) is 11.8. The van der Waals surface area contributed by atoms with Crippen LogP contribution in [0.2, 0.25) is 0 Å². The summed E-state index contributed by atoms with van der Waals surface area (Å²) in [5.74, 6) is 1.53. The fourth-order valence-electron chi connectivity index (χ4n) is 2.14. The third-order valence-electron chi connectivity index (χ3n) is 3.45. The van der Waals surface area contributed by atoms with Crippen molar-refractivity contribution in [3.63, 3.8) is 0 Å². The van der Waals surface area contributed by atoms with Gasteiger partial charge in [-0.1, -0.05) is 17.8 Å². The van der Waals surface area contributed by atoms with Crippen LogP contribution in [0.1, 0.15) is 13.8 Å². The van der Waals surface area contributed by atoms with Crippen molar-refractivity contribution < 1.29 is 9.53 Å². The van der Waals surface area contributed by atoms with Crippen LogP contribution in [0.25, 0.3) is 11.4 Å². The Hall–Kier alpha value is -2.28. The van der Waals surface area contributed by atoms with Gasteiger partial charge in [-0.25, -0.2) is 0 Å². The van der Waals surface area contributed by atoms with Gasteiger partial charge in [0.2, 0.25) is 5.91 Å². The third-order valence-corrected chi connectivity index (χ3v) is 4.53. The van der Waals surface area contributed by atoms with Crippen molar-refractivity contribution in [3.8, 4) is 17.1 Å². The van der Waals surface area contributed by atoms with E-state index in [0.717, 1.165) is 28.8 Å². The molecule has 6 nitrogen and oxygen atoms in total. The predicted molar refractivity (Wildman–Crippen MR) is 96.2 cm³/mol. The number of methoxy groups -OCH3 is 1. The van der Waals surface area contributed by atoms with Crippen LogP contribution in [0, 0.1) is 0 Å². The second-order valence-electron chi connectivity index (χ2n) is 5.07. The van der Waals surface area contributed by atoms with Crippen LogP contribution >= 0.6 is 11.8 Å². The van der Waals surface area contributed by atoms with Crippen LogP contribution in [0.4, 0.5) is 0 Å². The van der Waals surface area contributed by atoms with Gasteiger partial charge < -0.3 is 14.6 Å². The zero-order valence-corrected chi connectivity index (χ0v) is 15.0. The van der Waals surface area contributed by atoms with E-state index >= 15 is 0 Å². The summed E-state index contributed by atoms with van der Waals surface area (Å²) < 4.78 is 7.18. The molecular weight excluding hydrogens is 324 g/mol. The van der Waals surface area contributed by atoms with Gasteiger partial charge in [-0.2, -0.15) is 0 Å². The number of hydrogen-bond acceptors (Lipinski definition) is 5. The number of rotatable bonds is 8. The van der Waals surface area contributed by atoms with E-state index in [1.165, 1.54) is 11.8 Å². The summed E-state index contributed by atoms with van der Waals surface area (Å²) in [4.78, 5) is 12.0. The fraction of sp³-hybridized carbons (Fsp3) is 0.353. The van der Waals surface area contributed by atoms with Crippen LogP contribution < -0.4 is 10.1 Å². The number of benzene rings is 1. The first kappa shape index (κ1) is 18.1. The summed E-state index contributed by atoms with van der Waals surface area (Å²) in [6, 6.07) is 7.68. The Balaban J connectivity index is 2.19. The van der Waals surface area contributed by atoms with E-state index < -0.39 is 0 Å². The third kappa shape index (κ3) is 4.17. The van der Waals surface area contributed by atoms with Crippen molar-refractivity contribution in [1.82, 2.24) is 20.1 Å². The average Bonchev–Trinajstić information content (AvgIpc) is 3.02. The molecule has 7 heteroatoms. The van der Waals surface area contributed by atoms with Gasteiger partial charge in [0.1, 0.15) is 5.75 Å². The highest BCUT2D eigenvalue weighted by Crippen LogP contribution is 2.27. The standard InChI is InChI=1S/C17H22N4O2S/c1-5-11-18-16(22)12(3)24-17-20-19-15(21(17)6-2)13-7-9-14(23-4)10-8-13/h5,7-10,12H,1,6,11H2,2-4H3,(H,18,22). The smallest absolute Gasteiger partial charge is 0.233 e. The normalized spacial score (nSPS) is 11.8. The fourth-order valence-corrected chi connectivity index (χ4v) is 3.08. The maximum absolute atomic E-state index is 12.0. The molecule has 2 rings (SSSR count). The van der Waals surface area contributed by atoms with Crippen LogP contribution in [0.3, 0.4) is 0 Å². The summed E-state index contributed by atoms with van der Waals surface area (Å²) in [7, 11) is 1.64. The minimum Gasteiger partial charge on any atom is -0.497 e. The molecule has 1 heterocycles. The minimum absolute atomic E-state index is 0.0449. The molecule has 0 bridgehead atoms. The summed E-state index contributed by atoms with van der Waals surface area (Å²) in [6.45, 7) is 8.66. The second kappa shape index (κ2) is 8.54. The second-order valence-corrected chi connectivity index (χ2v) is 6.38. The van der Waals surface area contributed by atoms with Crippen molar-refractivity contribution in [2.24, 2.45) is 0 Å². The number of carbonyl (C=O) groups is 1. The molecule has 1 aromatic heterocycles. The molecule has 2 aromatic rings. The molecule has 1 unspecified atom stereocenters. The molecule has 0 aliphatic carbocycles. The van der Waals surface area contributed by atoms with E-state index in [0.29, 0.717) is 6.54 Å². The quantitative estimate of drug-likeness (QED) is 0.588. The van der Waals surface area contributed by atoms with Gasteiger partial charge in [0.15, 0.2) is 11.0 Å². The molecule has 0 saturated carbocycles. The molecule has 1 atom stereocenters. The van der Waals surface area contributed by atoms with Gasteiger partial charge in [-0.05, 0) is 38.1 Å². The number of nitrogens with one attached hydrogen (secondary N) is 1. The van der Waals surface area contributed by atoms with E-state index in [9.17, 15) is 4.79 Å². The Morgan fingerprint density at radius 3 is 2.71 bits per heavy atom. The Kier molecular flexibility index (Phi) is 6.43. The van der Waals surface area contributed by atoms with Crippen molar-refractivity contribution in [2.45, 2.75) is 30.8 Å². The Bertz CT molecular complexity index is 697. The highest BCUT2D eigenvalue weighted by atomic mass is 32.2. The lowest BCUT2D eigenvalue weighted by Gasteiger charge is -2.12. The number of nitrogens with zero attached hydrogens (tertiary/aromatic N) is 3. The van der Waals surface area contributed by atoms with Crippen LogP contribution in [0.5, 0.6) is 5.75 Å². The van der Waals surface area contributed by atoms with Crippen LogP contribution in [0.15, 0.2) is 42.1 Å². The SMILES string of the molecule is C=CCNC(=O)C(C)Sc1nnc(-c2ccc(OC)cc2)n1CC. The maximum Gasteiger partial charge on any atom is 0.233 e. The molecule has 0 fully saturated rings. The first-order valence-corrected chi connectivity index (χ1v) is 8.61. The molecule has 0 saturated heterocycles. The highest BCUT2D eigenvalue weighted by Gasteiger charge is 2.19.